The van der Waals surface area contributed by atoms with Crippen LogP contribution in [0.25, 0.3) is 44.6 Å². The summed E-state index contributed by atoms with van der Waals surface area (Å²) in [5.41, 5.74) is 13.6. The van der Waals surface area contributed by atoms with E-state index in [2.05, 4.69) is 49.3 Å². The van der Waals surface area contributed by atoms with Crippen LogP contribution in [0.2, 0.25) is 0 Å². The summed E-state index contributed by atoms with van der Waals surface area (Å²) < 4.78 is 55.4. The van der Waals surface area contributed by atoms with Crippen LogP contribution in [0, 0.1) is 5.92 Å². The third-order valence-electron chi connectivity index (χ3n) is 14.0. The van der Waals surface area contributed by atoms with Gasteiger partial charge in [0.25, 0.3) is 0 Å². The van der Waals surface area contributed by atoms with E-state index in [1.54, 1.807) is 12.1 Å². The number of nitrogens with zero attached hydrogens (tertiary/aromatic N) is 6. The topological polar surface area (TPSA) is 282 Å². The van der Waals surface area contributed by atoms with Crippen LogP contribution in [0.4, 0.5) is 23.0 Å². The minimum atomic E-state index is -4.11. The number of carbonyl (C=O) groups is 2. The summed E-state index contributed by atoms with van der Waals surface area (Å²) in [6.45, 7) is 2.77. The molecule has 3 aliphatic rings. The van der Waals surface area contributed by atoms with Crippen LogP contribution in [-0.4, -0.2) is 88.7 Å². The quantitative estimate of drug-likeness (QED) is 0.00921. The lowest BCUT2D eigenvalue weighted by Crippen LogP contribution is -2.43. The molecule has 2 aromatic heterocycles. The Hall–Kier alpha value is -7.95. The van der Waals surface area contributed by atoms with E-state index in [0.717, 1.165) is 57.6 Å². The molecule has 0 radical (unpaired) electrons. The standard InChI is InChI=1S/C57H56N10O12S3/c1-35(68)60-33-36-10-12-37(13-11-36)34-74-56-53-54(63-57(58)64-56)62-51(61-53)9-6-28-59-55(69)38-26-29-67(30-27-38)82(72,73)50-8-5-4-7-47(50)52-45-24-18-41(65(2)39-14-20-43(21-15-39)80-78-76-70)31-48(45)75-49-32-42(19-25-46(49)52)66(3)40-16-22-44(23-17-40)81-79-77-71/h4-5,7-8,10-25,31-32,38H,6,9,26-30,33-34H2,1-3H3,(H6-,58,59,60,61,62,63,64,68,69,70,71)/p+1. The van der Waals surface area contributed by atoms with Crippen LogP contribution >= 0.6 is 24.1 Å². The van der Waals surface area contributed by atoms with Gasteiger partial charge in [-0.25, -0.2) is 23.9 Å². The number of aryl methyl sites for hydroxylation is 1. The third kappa shape index (κ3) is 13.2. The van der Waals surface area contributed by atoms with Crippen LogP contribution in [-0.2, 0) is 57.9 Å². The molecule has 0 spiro atoms. The second kappa shape index (κ2) is 25.9. The Morgan fingerprint density at radius 3 is 2.22 bits per heavy atom. The molecule has 0 atom stereocenters. The highest BCUT2D eigenvalue weighted by Gasteiger charge is 2.35. The zero-order chi connectivity index (χ0) is 57.3. The number of H-pyrrole nitrogens is 1. The van der Waals surface area contributed by atoms with Gasteiger partial charge in [-0.3, -0.25) is 9.59 Å². The lowest BCUT2D eigenvalue weighted by Gasteiger charge is -2.31. The molecule has 0 unspecified atom stereocenters. The number of aromatic nitrogens is 4. The molecule has 2 amide bonds. The predicted molar refractivity (Wildman–Crippen MR) is 309 cm³/mol. The molecule has 5 aromatic carbocycles. The number of sulfonamides is 1. The van der Waals surface area contributed by atoms with Gasteiger partial charge in [-0.1, -0.05) is 52.5 Å². The maximum Gasteiger partial charge on any atom is 0.247 e. The van der Waals surface area contributed by atoms with Crippen molar-refractivity contribution in [3.63, 3.8) is 0 Å². The fourth-order valence-electron chi connectivity index (χ4n) is 9.73. The molecule has 2 aliphatic heterocycles. The molecule has 10 rings (SSSR count). The maximum absolute atomic E-state index is 15.0. The van der Waals surface area contributed by atoms with Gasteiger partial charge in [0.2, 0.25) is 44.7 Å². The Labute approximate surface area is 479 Å². The van der Waals surface area contributed by atoms with Gasteiger partial charge in [-0.05, 0) is 91.1 Å². The van der Waals surface area contributed by atoms with E-state index in [4.69, 9.17) is 25.4 Å². The van der Waals surface area contributed by atoms with Crippen molar-refractivity contribution in [2.75, 3.05) is 44.4 Å². The van der Waals surface area contributed by atoms with Crippen molar-refractivity contribution in [1.29, 1.82) is 0 Å². The number of nitrogens with one attached hydrogen (secondary N) is 3. The van der Waals surface area contributed by atoms with E-state index in [0.29, 0.717) is 99.0 Å². The van der Waals surface area contributed by atoms with E-state index < -0.39 is 10.0 Å². The Bertz CT molecular complexity index is 3900. The molecule has 1 saturated heterocycles. The number of aromatic amines is 1. The first-order valence-corrected chi connectivity index (χ1v) is 28.8. The number of fused-ring (bicyclic) bond motifs is 3. The van der Waals surface area contributed by atoms with Crippen LogP contribution in [0.3, 0.4) is 0 Å². The second-order valence-electron chi connectivity index (χ2n) is 19.2. The first-order valence-electron chi connectivity index (χ1n) is 25.9. The zero-order valence-electron chi connectivity index (χ0n) is 44.6. The van der Waals surface area contributed by atoms with E-state index in [-0.39, 0.29) is 54.2 Å². The Morgan fingerprint density at radius 1 is 0.829 bits per heavy atom. The molecule has 0 saturated carbocycles. The minimum absolute atomic E-state index is 0.0265. The Morgan fingerprint density at radius 2 is 1.51 bits per heavy atom. The molecule has 22 nitrogen and oxygen atoms in total. The molecule has 0 bridgehead atoms. The lowest BCUT2D eigenvalue weighted by atomic mass is 9.93. The number of anilines is 3. The Balaban J connectivity index is 0.841. The molecule has 1 aliphatic carbocycles. The molecule has 4 heterocycles. The van der Waals surface area contributed by atoms with Gasteiger partial charge < -0.3 is 35.4 Å². The summed E-state index contributed by atoms with van der Waals surface area (Å²) in [5, 5.41) is 32.0. The third-order valence-corrected chi connectivity index (χ3v) is 17.2. The van der Waals surface area contributed by atoms with Gasteiger partial charge in [-0.2, -0.15) is 18.8 Å². The lowest BCUT2D eigenvalue weighted by molar-refractivity contribution is -0.432. The van der Waals surface area contributed by atoms with Crippen molar-refractivity contribution >= 4 is 91.1 Å². The van der Waals surface area contributed by atoms with Gasteiger partial charge in [0.15, 0.2) is 11.2 Å². The highest BCUT2D eigenvalue weighted by molar-refractivity contribution is 7.94. The van der Waals surface area contributed by atoms with E-state index in [1.807, 2.05) is 145 Å². The number of carbonyl (C=O) groups excluding carboxylic acids is 2. The van der Waals surface area contributed by atoms with Crippen molar-refractivity contribution in [1.82, 2.24) is 39.5 Å². The number of nitrogen functional groups attached to an aromatic ring is 1. The van der Waals surface area contributed by atoms with E-state index in [9.17, 15) is 18.0 Å². The summed E-state index contributed by atoms with van der Waals surface area (Å²) in [5.74, 6) is 0.757. The van der Waals surface area contributed by atoms with Crippen molar-refractivity contribution in [3.8, 4) is 28.3 Å². The average molecular weight is 1170 g/mol. The highest BCUT2D eigenvalue weighted by atomic mass is 32.2. The monoisotopic (exact) mass is 1170 g/mol. The number of rotatable bonds is 22. The summed E-state index contributed by atoms with van der Waals surface area (Å²) in [4.78, 5) is 44.8. The molecular formula is C57H57N10O12S3+. The number of amides is 2. The largest absolute Gasteiger partial charge is 0.471 e. The van der Waals surface area contributed by atoms with Gasteiger partial charge in [0.05, 0.1) is 35.0 Å². The van der Waals surface area contributed by atoms with Crippen LogP contribution in [0.15, 0.2) is 153 Å². The van der Waals surface area contributed by atoms with Gasteiger partial charge in [0, 0.05) is 120 Å². The zero-order valence-corrected chi connectivity index (χ0v) is 47.1. The predicted octanol–water partition coefficient (Wildman–Crippen LogP) is 9.18. The summed E-state index contributed by atoms with van der Waals surface area (Å²) in [6, 6.07) is 41.1. The van der Waals surface area contributed by atoms with Gasteiger partial charge >= 0.3 is 0 Å². The summed E-state index contributed by atoms with van der Waals surface area (Å²) in [6.07, 6.45) is 1.72. The van der Waals surface area contributed by atoms with E-state index in [1.165, 1.54) is 11.2 Å². The first-order chi connectivity index (χ1) is 39.8. The maximum atomic E-state index is 15.0. The van der Waals surface area contributed by atoms with Crippen molar-refractivity contribution in [2.45, 2.75) is 60.4 Å². The second-order valence-corrected chi connectivity index (χ2v) is 22.7. The smallest absolute Gasteiger partial charge is 0.247 e. The van der Waals surface area contributed by atoms with Gasteiger partial charge in [-0.15, -0.1) is 8.67 Å². The fourth-order valence-corrected chi connectivity index (χ4v) is 12.1. The number of ether oxygens (including phenoxy) is 1. The SMILES string of the molecule is CC(=O)NCc1ccc(COc2nc(N)nc3[nH]c(CCCNC(=O)C4CCN(S(=O)(=O)c5ccccc5-c5c6cc/c(=[N+](/C)c7ccc(SOOO)cc7)cc-6oc6cc(N(C)c7ccc(SOOO)cc7)ccc56)CC4)nc23)cc1. The van der Waals surface area contributed by atoms with Crippen molar-refractivity contribution in [3.05, 3.63) is 156 Å². The summed E-state index contributed by atoms with van der Waals surface area (Å²) in [7, 11) is -0.279. The molecule has 7 aromatic rings. The van der Waals surface area contributed by atoms with Crippen molar-refractivity contribution < 1.29 is 56.4 Å². The number of hydrogen-bond donors (Lipinski definition) is 6. The average Bonchev–Trinajstić information content (AvgIpc) is 3.05. The molecule has 82 heavy (non-hydrogen) atoms. The molecule has 424 valence electrons. The van der Waals surface area contributed by atoms with Crippen molar-refractivity contribution in [2.24, 2.45) is 5.92 Å². The molecule has 1 fully saturated rings. The highest BCUT2D eigenvalue weighted by Crippen LogP contribution is 2.44. The summed E-state index contributed by atoms with van der Waals surface area (Å²) >= 11 is 1.71. The molecule has 7 N–H and O–H groups in total. The normalized spacial score (nSPS) is 13.6. The fraction of sp³-hybridized carbons (Fsp3) is 0.228. The van der Waals surface area contributed by atoms with Crippen LogP contribution in [0.5, 0.6) is 5.88 Å². The number of hydrogen-bond acceptors (Lipinski definition) is 19. The number of nitrogens with two attached hydrogens (primary N) is 1. The van der Waals surface area contributed by atoms with Crippen LogP contribution in [0.1, 0.15) is 43.1 Å². The van der Waals surface area contributed by atoms with E-state index >= 15 is 0 Å². The minimum Gasteiger partial charge on any atom is -0.471 e. The Kier molecular flexibility index (Phi) is 18.1. The number of imidazole rings is 1. The van der Waals surface area contributed by atoms with Gasteiger partial charge in [0.1, 0.15) is 30.8 Å². The molecule has 25 heteroatoms. The number of piperidine rings is 1. The molecular weight excluding hydrogens is 1110 g/mol. The van der Waals surface area contributed by atoms with Crippen LogP contribution < -0.4 is 35.9 Å². The number of benzene rings is 6. The first kappa shape index (κ1) is 57.3.